The minimum absolute atomic E-state index is 0.0666. The van der Waals surface area contributed by atoms with Gasteiger partial charge in [0.05, 0.1) is 10.0 Å². The van der Waals surface area contributed by atoms with E-state index in [2.05, 4.69) is 4.90 Å². The van der Waals surface area contributed by atoms with E-state index in [0.29, 0.717) is 23.0 Å². The Hall–Kier alpha value is -1.30. The van der Waals surface area contributed by atoms with Crippen molar-refractivity contribution in [1.29, 1.82) is 0 Å². The molecule has 1 spiro atoms. The Bertz CT molecular complexity index is 663. The van der Waals surface area contributed by atoms with Crippen molar-refractivity contribution in [2.75, 3.05) is 19.6 Å². The number of hydrogen-bond acceptors (Lipinski definition) is 3. The fourth-order valence-corrected chi connectivity index (χ4v) is 4.37. The van der Waals surface area contributed by atoms with Crippen molar-refractivity contribution in [2.45, 2.75) is 38.8 Å². The van der Waals surface area contributed by atoms with E-state index in [1.54, 1.807) is 0 Å². The Balaban J connectivity index is 1.62. The molecule has 1 N–H and O–H groups in total. The zero-order valence-electron chi connectivity index (χ0n) is 14.2. The van der Waals surface area contributed by atoms with Crippen LogP contribution in [0.25, 0.3) is 0 Å². The van der Waals surface area contributed by atoms with Gasteiger partial charge < -0.3 is 10.0 Å². The average Bonchev–Trinajstić information content (AvgIpc) is 2.94. The maximum atomic E-state index is 11.8. The molecule has 0 saturated carbocycles. The Morgan fingerprint density at radius 2 is 1.92 bits per heavy atom. The van der Waals surface area contributed by atoms with Crippen molar-refractivity contribution in [2.24, 2.45) is 5.41 Å². The molecule has 136 valence electrons. The number of carbonyl (C=O) groups is 2. The van der Waals surface area contributed by atoms with Crippen molar-refractivity contribution in [1.82, 2.24) is 9.80 Å². The number of carboxylic acids is 1. The summed E-state index contributed by atoms with van der Waals surface area (Å²) in [6.07, 6.45) is 2.37. The first-order valence-electron chi connectivity index (χ1n) is 8.46. The zero-order chi connectivity index (χ0) is 18.2. The second kappa shape index (κ2) is 7.14. The monoisotopic (exact) mass is 384 g/mol. The second-order valence-corrected chi connectivity index (χ2v) is 8.04. The number of hydrogen-bond donors (Lipinski definition) is 1. The molecule has 2 aliphatic heterocycles. The number of aliphatic carboxylic acids is 1. The SMILES string of the molecule is CC(=O)N1CC2(CCN(Cc3ccc(Cl)c(Cl)c3)CC2)C[C@@H]1C(=O)O. The number of amides is 1. The summed E-state index contributed by atoms with van der Waals surface area (Å²) >= 11 is 12.0. The van der Waals surface area contributed by atoms with E-state index in [9.17, 15) is 14.7 Å². The predicted molar refractivity (Wildman–Crippen MR) is 96.8 cm³/mol. The van der Waals surface area contributed by atoms with Crippen LogP contribution in [0.5, 0.6) is 0 Å². The average molecular weight is 385 g/mol. The van der Waals surface area contributed by atoms with Crippen molar-refractivity contribution in [3.05, 3.63) is 33.8 Å². The van der Waals surface area contributed by atoms with Gasteiger partial charge in [-0.25, -0.2) is 4.79 Å². The highest BCUT2D eigenvalue weighted by Gasteiger charge is 2.48. The summed E-state index contributed by atoms with van der Waals surface area (Å²) in [5.74, 6) is -1.05. The summed E-state index contributed by atoms with van der Waals surface area (Å²) in [5.41, 5.74) is 1.05. The zero-order valence-corrected chi connectivity index (χ0v) is 15.7. The van der Waals surface area contributed by atoms with Crippen molar-refractivity contribution in [3.8, 4) is 0 Å². The maximum absolute atomic E-state index is 11.8. The van der Waals surface area contributed by atoms with E-state index in [1.807, 2.05) is 18.2 Å². The van der Waals surface area contributed by atoms with Gasteiger partial charge in [0.1, 0.15) is 6.04 Å². The standard InChI is InChI=1S/C18H22Cl2N2O3/c1-12(23)22-11-18(9-16(22)17(24)25)4-6-21(7-5-18)10-13-2-3-14(19)15(20)8-13/h2-3,8,16H,4-7,9-11H2,1H3,(H,24,25)/t16-/m1/s1. The van der Waals surface area contributed by atoms with E-state index in [-0.39, 0.29) is 11.3 Å². The van der Waals surface area contributed by atoms with Gasteiger partial charge in [-0.15, -0.1) is 0 Å². The third-order valence-electron chi connectivity index (χ3n) is 5.50. The molecular formula is C18H22Cl2N2O3. The van der Waals surface area contributed by atoms with E-state index in [0.717, 1.165) is 38.0 Å². The lowest BCUT2D eigenvalue weighted by Gasteiger charge is -2.39. The predicted octanol–water partition coefficient (Wildman–Crippen LogP) is 3.28. The van der Waals surface area contributed by atoms with Crippen LogP contribution in [0.4, 0.5) is 0 Å². The summed E-state index contributed by atoms with van der Waals surface area (Å²) < 4.78 is 0. The van der Waals surface area contributed by atoms with Crippen LogP contribution in [-0.4, -0.2) is 52.5 Å². The molecule has 0 aromatic heterocycles. The second-order valence-electron chi connectivity index (χ2n) is 7.23. The molecule has 5 nitrogen and oxygen atoms in total. The van der Waals surface area contributed by atoms with Crippen LogP contribution in [0, 0.1) is 5.41 Å². The first kappa shape index (κ1) is 18.5. The number of likely N-dealkylation sites (tertiary alicyclic amines) is 2. The minimum Gasteiger partial charge on any atom is -0.480 e. The van der Waals surface area contributed by atoms with Crippen molar-refractivity contribution in [3.63, 3.8) is 0 Å². The lowest BCUT2D eigenvalue weighted by molar-refractivity contribution is -0.147. The van der Waals surface area contributed by atoms with Gasteiger partial charge in [0.2, 0.25) is 5.91 Å². The molecule has 2 aliphatic rings. The summed E-state index contributed by atoms with van der Waals surface area (Å²) in [7, 11) is 0. The van der Waals surface area contributed by atoms with Crippen LogP contribution in [-0.2, 0) is 16.1 Å². The topological polar surface area (TPSA) is 60.9 Å². The van der Waals surface area contributed by atoms with Crippen molar-refractivity contribution < 1.29 is 14.7 Å². The minimum atomic E-state index is -0.898. The summed E-state index contributed by atoms with van der Waals surface area (Å²) in [4.78, 5) is 27.1. The molecule has 0 unspecified atom stereocenters. The number of halogens is 2. The largest absolute Gasteiger partial charge is 0.480 e. The summed E-state index contributed by atoms with van der Waals surface area (Å²) in [6, 6.07) is 5.00. The number of nitrogens with zero attached hydrogens (tertiary/aromatic N) is 2. The van der Waals surface area contributed by atoms with Gasteiger partial charge in [0, 0.05) is 20.0 Å². The molecule has 25 heavy (non-hydrogen) atoms. The molecule has 2 fully saturated rings. The Labute approximate surface area is 157 Å². The lowest BCUT2D eigenvalue weighted by Crippen LogP contribution is -2.42. The molecular weight excluding hydrogens is 363 g/mol. The molecule has 0 bridgehead atoms. The van der Waals surface area contributed by atoms with Gasteiger partial charge in [0.25, 0.3) is 0 Å². The highest BCUT2D eigenvalue weighted by Crippen LogP contribution is 2.43. The van der Waals surface area contributed by atoms with Crippen LogP contribution in [0.3, 0.4) is 0 Å². The fourth-order valence-electron chi connectivity index (χ4n) is 4.05. The third kappa shape index (κ3) is 3.94. The maximum Gasteiger partial charge on any atom is 0.326 e. The number of piperidine rings is 1. The quantitative estimate of drug-likeness (QED) is 0.868. The number of carboxylic acid groups (broad SMARTS) is 1. The first-order valence-corrected chi connectivity index (χ1v) is 9.22. The van der Waals surface area contributed by atoms with Gasteiger partial charge in [-0.05, 0) is 55.5 Å². The lowest BCUT2D eigenvalue weighted by atomic mass is 9.76. The summed E-state index contributed by atoms with van der Waals surface area (Å²) in [6.45, 7) is 4.58. The van der Waals surface area contributed by atoms with Gasteiger partial charge >= 0.3 is 5.97 Å². The highest BCUT2D eigenvalue weighted by molar-refractivity contribution is 6.42. The summed E-state index contributed by atoms with van der Waals surface area (Å²) in [5, 5.41) is 10.5. The number of benzene rings is 1. The van der Waals surface area contributed by atoms with Crippen molar-refractivity contribution >= 4 is 35.1 Å². The molecule has 1 aromatic carbocycles. The Morgan fingerprint density at radius 3 is 2.44 bits per heavy atom. The van der Waals surface area contributed by atoms with Gasteiger partial charge in [-0.2, -0.15) is 0 Å². The van der Waals surface area contributed by atoms with Crippen LogP contribution in [0.2, 0.25) is 10.0 Å². The molecule has 1 atom stereocenters. The van der Waals surface area contributed by atoms with Crippen LogP contribution in [0.1, 0.15) is 31.7 Å². The van der Waals surface area contributed by atoms with Crippen LogP contribution < -0.4 is 0 Å². The molecule has 2 heterocycles. The highest BCUT2D eigenvalue weighted by atomic mass is 35.5. The van der Waals surface area contributed by atoms with Gasteiger partial charge in [-0.1, -0.05) is 29.3 Å². The molecule has 0 radical (unpaired) electrons. The number of rotatable bonds is 3. The van der Waals surface area contributed by atoms with Crippen LogP contribution >= 0.6 is 23.2 Å². The first-order chi connectivity index (χ1) is 11.8. The fraction of sp³-hybridized carbons (Fsp3) is 0.556. The van der Waals surface area contributed by atoms with E-state index in [1.165, 1.54) is 11.8 Å². The molecule has 3 rings (SSSR count). The Kier molecular flexibility index (Phi) is 5.28. The van der Waals surface area contributed by atoms with E-state index < -0.39 is 12.0 Å². The smallest absolute Gasteiger partial charge is 0.326 e. The molecule has 0 aliphatic carbocycles. The molecule has 2 saturated heterocycles. The molecule has 1 amide bonds. The van der Waals surface area contributed by atoms with Gasteiger partial charge in [0.15, 0.2) is 0 Å². The molecule has 1 aromatic rings. The third-order valence-corrected chi connectivity index (χ3v) is 6.24. The normalized spacial score (nSPS) is 23.2. The Morgan fingerprint density at radius 1 is 1.24 bits per heavy atom. The van der Waals surface area contributed by atoms with E-state index in [4.69, 9.17) is 23.2 Å². The van der Waals surface area contributed by atoms with E-state index >= 15 is 0 Å². The number of carbonyl (C=O) groups excluding carboxylic acids is 1. The van der Waals surface area contributed by atoms with Gasteiger partial charge in [-0.3, -0.25) is 9.69 Å². The van der Waals surface area contributed by atoms with Crippen LogP contribution in [0.15, 0.2) is 18.2 Å². The molecule has 7 heteroatoms.